The van der Waals surface area contributed by atoms with Gasteiger partial charge in [0.15, 0.2) is 17.6 Å². The summed E-state index contributed by atoms with van der Waals surface area (Å²) < 4.78 is 11.7. The molecule has 5 heteroatoms. The van der Waals surface area contributed by atoms with Gasteiger partial charge in [0.25, 0.3) is 0 Å². The number of carbonyl (C=O) groups is 1. The summed E-state index contributed by atoms with van der Waals surface area (Å²) in [5, 5.41) is 11.7. The van der Waals surface area contributed by atoms with Crippen LogP contribution in [0.5, 0.6) is 0 Å². The number of methoxy groups -OCH3 is 1. The summed E-state index contributed by atoms with van der Waals surface area (Å²) in [5.41, 5.74) is 0.737. The van der Waals surface area contributed by atoms with Crippen LogP contribution in [-0.2, 0) is 14.3 Å². The third kappa shape index (κ3) is 1.32. The van der Waals surface area contributed by atoms with Crippen LogP contribution in [0.15, 0.2) is 34.8 Å². The summed E-state index contributed by atoms with van der Waals surface area (Å²) >= 11 is 0. The topological polar surface area (TPSA) is 59.0 Å². The highest BCUT2D eigenvalue weighted by molar-refractivity contribution is 5.98. The molecule has 2 aliphatic heterocycles. The van der Waals surface area contributed by atoms with E-state index in [9.17, 15) is 9.90 Å². The van der Waals surface area contributed by atoms with Crippen LogP contribution in [0.2, 0.25) is 0 Å². The highest BCUT2D eigenvalue weighted by Crippen LogP contribution is 2.66. The smallest absolute Gasteiger partial charge is 0.196 e. The number of likely N-dealkylation sites (N-methyl/N-ethyl adjacent to an activating group) is 1. The van der Waals surface area contributed by atoms with Crippen LogP contribution in [0.1, 0.15) is 25.7 Å². The van der Waals surface area contributed by atoms with E-state index < -0.39 is 17.1 Å². The van der Waals surface area contributed by atoms with E-state index in [1.807, 2.05) is 0 Å². The maximum absolute atomic E-state index is 12.6. The SMILES string of the molecule is COC1=C2O[C@H]3C(=O)C=CC4(O)[C@H]5CC(=C2[C@@]34CCN5C)CC1. The summed E-state index contributed by atoms with van der Waals surface area (Å²) in [4.78, 5) is 14.8. The molecule has 122 valence electrons. The molecule has 4 atom stereocenters. The fourth-order valence-electron chi connectivity index (χ4n) is 5.60. The van der Waals surface area contributed by atoms with Gasteiger partial charge in [-0.15, -0.1) is 0 Å². The molecule has 3 aliphatic carbocycles. The number of carbonyl (C=O) groups excluding carboxylic acids is 1. The number of piperidine rings is 1. The number of hydrogen-bond donors (Lipinski definition) is 1. The highest BCUT2D eigenvalue weighted by atomic mass is 16.5. The maximum atomic E-state index is 12.6. The monoisotopic (exact) mass is 315 g/mol. The van der Waals surface area contributed by atoms with Crippen LogP contribution in [0.3, 0.4) is 0 Å². The molecule has 2 fully saturated rings. The first-order valence-electron chi connectivity index (χ1n) is 8.35. The third-order valence-electron chi connectivity index (χ3n) is 6.68. The Morgan fingerprint density at radius 1 is 1.43 bits per heavy atom. The normalized spacial score (nSPS) is 44.4. The number of allylic oxidation sites excluding steroid dienone is 2. The molecule has 1 N–H and O–H groups in total. The van der Waals surface area contributed by atoms with Crippen molar-refractivity contribution in [3.05, 3.63) is 34.8 Å². The second kappa shape index (κ2) is 4.08. The van der Waals surface area contributed by atoms with Gasteiger partial charge in [0.05, 0.1) is 12.5 Å². The van der Waals surface area contributed by atoms with Gasteiger partial charge in [0.2, 0.25) is 0 Å². The van der Waals surface area contributed by atoms with Gasteiger partial charge in [-0.1, -0.05) is 5.57 Å². The van der Waals surface area contributed by atoms with Crippen molar-refractivity contribution in [1.82, 2.24) is 4.90 Å². The number of hydrogen-bond acceptors (Lipinski definition) is 5. The molecule has 1 unspecified atom stereocenters. The molecule has 5 aliphatic rings. The zero-order valence-corrected chi connectivity index (χ0v) is 13.5. The molecule has 5 rings (SSSR count). The number of ether oxygens (including phenoxy) is 2. The molecule has 2 saturated heterocycles. The minimum Gasteiger partial charge on any atom is -0.497 e. The molecule has 0 aromatic carbocycles. The maximum Gasteiger partial charge on any atom is 0.196 e. The van der Waals surface area contributed by atoms with Crippen LogP contribution in [0, 0.1) is 5.41 Å². The van der Waals surface area contributed by atoms with E-state index in [1.54, 1.807) is 13.2 Å². The van der Waals surface area contributed by atoms with E-state index in [0.717, 1.165) is 49.3 Å². The van der Waals surface area contributed by atoms with Crippen LogP contribution in [-0.4, -0.2) is 54.2 Å². The molecule has 1 spiro atoms. The Kier molecular flexibility index (Phi) is 2.45. The lowest BCUT2D eigenvalue weighted by Crippen LogP contribution is -2.71. The lowest BCUT2D eigenvalue weighted by molar-refractivity contribution is -0.167. The Labute approximate surface area is 135 Å². The van der Waals surface area contributed by atoms with E-state index in [2.05, 4.69) is 11.9 Å². The lowest BCUT2D eigenvalue weighted by atomic mass is 9.50. The Morgan fingerprint density at radius 2 is 2.26 bits per heavy atom. The third-order valence-corrected chi connectivity index (χ3v) is 6.68. The van der Waals surface area contributed by atoms with Crippen molar-refractivity contribution >= 4 is 5.78 Å². The van der Waals surface area contributed by atoms with Gasteiger partial charge in [-0.05, 0) is 45.0 Å². The van der Waals surface area contributed by atoms with Crippen LogP contribution < -0.4 is 0 Å². The second-order valence-corrected chi connectivity index (χ2v) is 7.42. The molecule has 2 heterocycles. The van der Waals surface area contributed by atoms with Crippen molar-refractivity contribution in [1.29, 1.82) is 0 Å². The van der Waals surface area contributed by atoms with E-state index in [1.165, 1.54) is 11.6 Å². The Morgan fingerprint density at radius 3 is 3.04 bits per heavy atom. The summed E-state index contributed by atoms with van der Waals surface area (Å²) in [6.07, 6.45) is 5.95. The van der Waals surface area contributed by atoms with Gasteiger partial charge in [-0.3, -0.25) is 9.69 Å². The number of aliphatic hydroxyl groups is 1. The van der Waals surface area contributed by atoms with Gasteiger partial charge < -0.3 is 14.6 Å². The molecule has 0 radical (unpaired) electrons. The zero-order valence-electron chi connectivity index (χ0n) is 13.5. The molecular weight excluding hydrogens is 294 g/mol. The van der Waals surface area contributed by atoms with Crippen molar-refractivity contribution in [3.8, 4) is 0 Å². The van der Waals surface area contributed by atoms with Gasteiger partial charge >= 0.3 is 0 Å². The number of ketones is 1. The number of rotatable bonds is 1. The van der Waals surface area contributed by atoms with E-state index in [4.69, 9.17) is 9.47 Å². The number of likely N-dealkylation sites (tertiary alicyclic amines) is 1. The summed E-state index contributed by atoms with van der Waals surface area (Å²) in [5.74, 6) is 1.52. The van der Waals surface area contributed by atoms with Crippen molar-refractivity contribution in [2.24, 2.45) is 5.41 Å². The second-order valence-electron chi connectivity index (χ2n) is 7.42. The average Bonchev–Trinajstić information content (AvgIpc) is 2.90. The first-order chi connectivity index (χ1) is 11.0. The van der Waals surface area contributed by atoms with Crippen LogP contribution in [0.25, 0.3) is 0 Å². The minimum atomic E-state index is -1.05. The fourth-order valence-corrected chi connectivity index (χ4v) is 5.60. The predicted octanol–water partition coefficient (Wildman–Crippen LogP) is 1.30. The Hall–Kier alpha value is -1.59. The van der Waals surface area contributed by atoms with E-state index in [0.29, 0.717) is 0 Å². The Bertz CT molecular complexity index is 721. The molecule has 0 aromatic rings. The van der Waals surface area contributed by atoms with Crippen molar-refractivity contribution in [3.63, 3.8) is 0 Å². The Balaban J connectivity index is 1.85. The lowest BCUT2D eigenvalue weighted by Gasteiger charge is -2.60. The summed E-state index contributed by atoms with van der Waals surface area (Å²) in [6.45, 7) is 0.861. The van der Waals surface area contributed by atoms with Crippen LogP contribution >= 0.6 is 0 Å². The summed E-state index contributed by atoms with van der Waals surface area (Å²) in [7, 11) is 3.72. The highest BCUT2D eigenvalue weighted by Gasteiger charge is 2.73. The molecule has 5 nitrogen and oxygen atoms in total. The zero-order chi connectivity index (χ0) is 16.0. The van der Waals surface area contributed by atoms with E-state index >= 15 is 0 Å². The average molecular weight is 315 g/mol. The standard InChI is InChI=1S/C18H21NO4/c1-19-8-7-17-14-10-3-4-12(22-2)15(14)23-16(17)11(20)5-6-18(17,21)13(19)9-10/h5-6,13,16,21H,3-4,7-9H2,1-2H3/t13-,16+,17+,18?/m1/s1. The van der Waals surface area contributed by atoms with Crippen LogP contribution in [0.4, 0.5) is 0 Å². The fraction of sp³-hybridized carbons (Fsp3) is 0.611. The van der Waals surface area contributed by atoms with Gasteiger partial charge in [0, 0.05) is 18.0 Å². The number of nitrogens with zero attached hydrogens (tertiary/aromatic N) is 1. The molecular formula is C18H21NO4. The van der Waals surface area contributed by atoms with Gasteiger partial charge in [0.1, 0.15) is 11.4 Å². The minimum absolute atomic E-state index is 0.00824. The van der Waals surface area contributed by atoms with Crippen molar-refractivity contribution < 1.29 is 19.4 Å². The first kappa shape index (κ1) is 13.8. The van der Waals surface area contributed by atoms with Gasteiger partial charge in [-0.2, -0.15) is 0 Å². The molecule has 2 bridgehead atoms. The van der Waals surface area contributed by atoms with Gasteiger partial charge in [-0.25, -0.2) is 0 Å². The predicted molar refractivity (Wildman–Crippen MR) is 82.3 cm³/mol. The first-order valence-corrected chi connectivity index (χ1v) is 8.35. The van der Waals surface area contributed by atoms with E-state index in [-0.39, 0.29) is 11.8 Å². The summed E-state index contributed by atoms with van der Waals surface area (Å²) in [6, 6.07) is 0.00824. The molecule has 23 heavy (non-hydrogen) atoms. The van der Waals surface area contributed by atoms with Crippen molar-refractivity contribution in [2.75, 3.05) is 20.7 Å². The molecule has 0 amide bonds. The molecule has 0 saturated carbocycles. The largest absolute Gasteiger partial charge is 0.497 e. The molecule has 0 aromatic heterocycles. The van der Waals surface area contributed by atoms with Crippen molar-refractivity contribution in [2.45, 2.75) is 43.4 Å². The quantitative estimate of drug-likeness (QED) is 0.790.